The molecule has 3 aromatic carbocycles. The fourth-order valence-corrected chi connectivity index (χ4v) is 5.18. The van der Waals surface area contributed by atoms with Crippen molar-refractivity contribution in [2.24, 2.45) is 0 Å². The molecule has 220 valence electrons. The van der Waals surface area contributed by atoms with Gasteiger partial charge in [-0.05, 0) is 50.1 Å². The number of para-hydroxylation sites is 1. The molecule has 43 heavy (non-hydrogen) atoms. The first-order valence-electron chi connectivity index (χ1n) is 13.9. The first-order valence-corrected chi connectivity index (χ1v) is 14.3. The molecule has 0 bridgehead atoms. The molecule has 2 amide bonds. The van der Waals surface area contributed by atoms with Gasteiger partial charge in [0, 0.05) is 39.8 Å². The number of halogens is 1. The van der Waals surface area contributed by atoms with Crippen molar-refractivity contribution in [1.82, 2.24) is 29.8 Å². The van der Waals surface area contributed by atoms with E-state index in [2.05, 4.69) is 15.6 Å². The number of rotatable bonds is 10. The summed E-state index contributed by atoms with van der Waals surface area (Å²) < 4.78 is 3.41. The number of carbonyl (C=O) groups excluding carboxylic acids is 3. The summed E-state index contributed by atoms with van der Waals surface area (Å²) in [6, 6.07) is 23.2. The van der Waals surface area contributed by atoms with Gasteiger partial charge in [-0.15, -0.1) is 5.10 Å². The van der Waals surface area contributed by atoms with E-state index in [-0.39, 0.29) is 24.9 Å². The smallest absolute Gasteiger partial charge is 0.247 e. The molecule has 0 aliphatic heterocycles. The number of carbonyl (C=O) groups is 3. The monoisotopic (exact) mass is 596 g/mol. The van der Waals surface area contributed by atoms with E-state index in [1.807, 2.05) is 79.9 Å². The molecule has 0 saturated heterocycles. The molecular weight excluding hydrogens is 564 g/mol. The fourth-order valence-electron chi connectivity index (χ4n) is 5.05. The lowest BCUT2D eigenvalue weighted by Gasteiger charge is -2.34. The third kappa shape index (κ3) is 7.18. The number of hydrogen-bond donors (Lipinski definition) is 1. The molecule has 1 N–H and O–H groups in total. The largest absolute Gasteiger partial charge is 0.349 e. The Morgan fingerprint density at radius 3 is 2.37 bits per heavy atom. The lowest BCUT2D eigenvalue weighted by Crippen LogP contribution is -2.49. The Balaban J connectivity index is 1.44. The van der Waals surface area contributed by atoms with E-state index in [1.54, 1.807) is 41.6 Å². The molecule has 2 aromatic heterocycles. The topological polar surface area (TPSA) is 102 Å². The molecule has 0 fully saturated rings. The summed E-state index contributed by atoms with van der Waals surface area (Å²) in [5, 5.41) is 12.9. The molecule has 0 aliphatic carbocycles. The highest BCUT2D eigenvalue weighted by Gasteiger charge is 2.33. The fraction of sp³-hybridized carbons (Fsp3) is 0.242. The van der Waals surface area contributed by atoms with Crippen molar-refractivity contribution < 1.29 is 14.4 Å². The summed E-state index contributed by atoms with van der Waals surface area (Å²) in [6.07, 6.45) is 4.33. The third-order valence-electron chi connectivity index (χ3n) is 6.92. The van der Waals surface area contributed by atoms with E-state index in [9.17, 15) is 14.4 Å². The van der Waals surface area contributed by atoms with Crippen molar-refractivity contribution in [3.63, 3.8) is 0 Å². The van der Waals surface area contributed by atoms with Crippen LogP contribution in [0.25, 0.3) is 10.9 Å². The molecule has 5 rings (SSSR count). The second-order valence-corrected chi connectivity index (χ2v) is 11.9. The van der Waals surface area contributed by atoms with E-state index in [4.69, 9.17) is 11.6 Å². The van der Waals surface area contributed by atoms with Gasteiger partial charge < -0.3 is 14.8 Å². The van der Waals surface area contributed by atoms with E-state index in [0.29, 0.717) is 28.4 Å². The normalized spacial score (nSPS) is 12.2. The van der Waals surface area contributed by atoms with Crippen LogP contribution in [0.15, 0.2) is 91.3 Å². The molecule has 10 heteroatoms. The molecule has 1 unspecified atom stereocenters. The van der Waals surface area contributed by atoms with Gasteiger partial charge in [0.05, 0.1) is 12.7 Å². The zero-order valence-electron chi connectivity index (χ0n) is 24.3. The van der Waals surface area contributed by atoms with Crippen molar-refractivity contribution in [3.8, 4) is 0 Å². The average Bonchev–Trinajstić information content (AvgIpc) is 3.57. The van der Waals surface area contributed by atoms with Gasteiger partial charge in [0.1, 0.15) is 18.3 Å². The zero-order chi connectivity index (χ0) is 30.6. The Bertz CT molecular complexity index is 1740. The molecule has 9 nitrogen and oxygen atoms in total. The van der Waals surface area contributed by atoms with Crippen LogP contribution < -0.4 is 5.32 Å². The Morgan fingerprint density at radius 2 is 1.67 bits per heavy atom. The van der Waals surface area contributed by atoms with Crippen LogP contribution in [-0.4, -0.2) is 48.1 Å². The second kappa shape index (κ2) is 12.6. The minimum atomic E-state index is -0.916. The Kier molecular flexibility index (Phi) is 8.73. The molecule has 0 radical (unpaired) electrons. The molecule has 0 spiro atoms. The maximum absolute atomic E-state index is 14.0. The second-order valence-electron chi connectivity index (χ2n) is 11.5. The molecular formula is C33H33ClN6O3. The quantitative estimate of drug-likeness (QED) is 0.217. The van der Waals surface area contributed by atoms with Gasteiger partial charge in [0.15, 0.2) is 6.29 Å². The third-order valence-corrected chi connectivity index (χ3v) is 7.17. The van der Waals surface area contributed by atoms with Crippen molar-refractivity contribution in [1.29, 1.82) is 0 Å². The maximum atomic E-state index is 14.0. The molecule has 1 atom stereocenters. The first-order chi connectivity index (χ1) is 20.6. The maximum Gasteiger partial charge on any atom is 0.247 e. The SMILES string of the molecule is CC(C)(C)NC(=O)C(c1ccc(Cl)cc1)N(Cc1ccccc1)C(=O)Cn1cc(Cn2cc(C=O)c3ccccc32)nn1. The highest BCUT2D eigenvalue weighted by Crippen LogP contribution is 2.27. The van der Waals surface area contributed by atoms with E-state index < -0.39 is 11.6 Å². The number of nitrogens with one attached hydrogen (secondary N) is 1. The van der Waals surface area contributed by atoms with E-state index in [1.165, 1.54) is 4.68 Å². The number of aromatic nitrogens is 4. The van der Waals surface area contributed by atoms with Crippen LogP contribution in [0.3, 0.4) is 0 Å². The van der Waals surface area contributed by atoms with Gasteiger partial charge in [0.2, 0.25) is 11.8 Å². The zero-order valence-corrected chi connectivity index (χ0v) is 25.0. The van der Waals surface area contributed by atoms with Crippen molar-refractivity contribution >= 4 is 40.6 Å². The summed E-state index contributed by atoms with van der Waals surface area (Å²) in [7, 11) is 0. The lowest BCUT2D eigenvalue weighted by molar-refractivity contribution is -0.142. The number of amides is 2. The minimum absolute atomic E-state index is 0.126. The summed E-state index contributed by atoms with van der Waals surface area (Å²) in [5.74, 6) is -0.609. The Labute approximate surface area is 255 Å². The number of fused-ring (bicyclic) bond motifs is 1. The Morgan fingerprint density at radius 1 is 0.977 bits per heavy atom. The number of aldehydes is 1. The number of benzene rings is 3. The van der Waals surface area contributed by atoms with Gasteiger partial charge >= 0.3 is 0 Å². The number of hydrogen-bond acceptors (Lipinski definition) is 5. The van der Waals surface area contributed by atoms with Gasteiger partial charge in [-0.3, -0.25) is 14.4 Å². The van der Waals surface area contributed by atoms with Crippen molar-refractivity contribution in [2.75, 3.05) is 0 Å². The lowest BCUT2D eigenvalue weighted by atomic mass is 10.0. The Hall–Kier alpha value is -4.76. The standard InChI is InChI=1S/C33H33ClN6O3/c1-33(2,3)35-32(43)31(24-13-15-26(34)16-14-24)40(17-23-9-5-4-6-10-23)30(42)21-39-20-27(36-37-39)19-38-18-25(22-41)28-11-7-8-12-29(28)38/h4-16,18,20,22,31H,17,19,21H2,1-3H3,(H,35,43). The van der Waals surface area contributed by atoms with Crippen molar-refractivity contribution in [2.45, 2.75) is 52.0 Å². The summed E-state index contributed by atoms with van der Waals surface area (Å²) in [5.41, 5.74) is 3.12. The van der Waals surface area contributed by atoms with Gasteiger partial charge in [-0.2, -0.15) is 0 Å². The van der Waals surface area contributed by atoms with Crippen molar-refractivity contribution in [3.05, 3.63) is 119 Å². The van der Waals surface area contributed by atoms with Crippen LogP contribution in [0.5, 0.6) is 0 Å². The van der Waals surface area contributed by atoms with Crippen LogP contribution in [0.1, 0.15) is 54.0 Å². The average molecular weight is 597 g/mol. The number of nitrogens with zero attached hydrogens (tertiary/aromatic N) is 5. The van der Waals surface area contributed by atoms with Gasteiger partial charge in [-0.25, -0.2) is 4.68 Å². The predicted molar refractivity (Wildman–Crippen MR) is 166 cm³/mol. The summed E-state index contributed by atoms with van der Waals surface area (Å²) >= 11 is 6.17. The van der Waals surface area contributed by atoms with E-state index >= 15 is 0 Å². The van der Waals surface area contributed by atoms with Gasteiger partial charge in [-0.1, -0.05) is 77.5 Å². The summed E-state index contributed by atoms with van der Waals surface area (Å²) in [4.78, 5) is 41.0. The van der Waals surface area contributed by atoms with Crippen LogP contribution in [0, 0.1) is 0 Å². The highest BCUT2D eigenvalue weighted by atomic mass is 35.5. The highest BCUT2D eigenvalue weighted by molar-refractivity contribution is 6.30. The van der Waals surface area contributed by atoms with Crippen LogP contribution in [0.4, 0.5) is 0 Å². The van der Waals surface area contributed by atoms with E-state index in [0.717, 1.165) is 22.8 Å². The minimum Gasteiger partial charge on any atom is -0.349 e. The summed E-state index contributed by atoms with van der Waals surface area (Å²) in [6.45, 7) is 6.15. The molecule has 5 aromatic rings. The van der Waals surface area contributed by atoms with Crippen LogP contribution in [0.2, 0.25) is 5.02 Å². The predicted octanol–water partition coefficient (Wildman–Crippen LogP) is 5.43. The molecule has 0 saturated carbocycles. The van der Waals surface area contributed by atoms with Gasteiger partial charge in [0.25, 0.3) is 0 Å². The van der Waals surface area contributed by atoms with Crippen LogP contribution in [-0.2, 0) is 29.2 Å². The first kappa shape index (κ1) is 29.7. The van der Waals surface area contributed by atoms with Crippen LogP contribution >= 0.6 is 11.6 Å². The molecule has 0 aliphatic rings. The molecule has 2 heterocycles.